The van der Waals surface area contributed by atoms with Crippen LogP contribution in [-0.2, 0) is 20.1 Å². The summed E-state index contributed by atoms with van der Waals surface area (Å²) in [4.78, 5) is 12.7. The number of aromatic nitrogens is 4. The maximum Gasteiger partial charge on any atom is 0.276 e. The molecule has 2 heterocycles. The fourth-order valence-electron chi connectivity index (χ4n) is 2.84. The highest BCUT2D eigenvalue weighted by atomic mass is 16.1. The number of rotatable bonds is 7. The summed E-state index contributed by atoms with van der Waals surface area (Å²) in [6.07, 6.45) is 4.72. The number of nitrogens with zero attached hydrogens (tertiary/aromatic N) is 4. The Hall–Kier alpha value is -2.60. The van der Waals surface area contributed by atoms with E-state index in [-0.39, 0.29) is 5.56 Å². The summed E-state index contributed by atoms with van der Waals surface area (Å²) in [6, 6.07) is 11.7. The second-order valence-corrected chi connectivity index (χ2v) is 5.84. The molecule has 0 fully saturated rings. The molecule has 0 unspecified atom stereocenters. The van der Waals surface area contributed by atoms with Gasteiger partial charge < -0.3 is 5.32 Å². The number of hydrogen-bond donors (Lipinski definition) is 1. The van der Waals surface area contributed by atoms with E-state index in [4.69, 9.17) is 0 Å². The molecule has 0 atom stereocenters. The van der Waals surface area contributed by atoms with Crippen LogP contribution in [0.1, 0.15) is 17.7 Å². The Balaban J connectivity index is 1.65. The van der Waals surface area contributed by atoms with Crippen molar-refractivity contribution < 1.29 is 0 Å². The van der Waals surface area contributed by atoms with Gasteiger partial charge in [0, 0.05) is 38.2 Å². The first kappa shape index (κ1) is 16.3. The molecule has 0 bridgehead atoms. The van der Waals surface area contributed by atoms with Gasteiger partial charge in [0.15, 0.2) is 0 Å². The summed E-state index contributed by atoms with van der Waals surface area (Å²) in [5.74, 6) is 0. The van der Waals surface area contributed by atoms with Gasteiger partial charge in [-0.05, 0) is 38.1 Å². The smallest absolute Gasteiger partial charge is 0.276 e. The fourth-order valence-corrected chi connectivity index (χ4v) is 2.84. The third-order valence-electron chi connectivity index (χ3n) is 4.28. The van der Waals surface area contributed by atoms with Crippen molar-refractivity contribution in [1.29, 1.82) is 0 Å². The Kier molecular flexibility index (Phi) is 4.96. The first-order chi connectivity index (χ1) is 11.7. The van der Waals surface area contributed by atoms with Crippen LogP contribution in [0.5, 0.6) is 0 Å². The fraction of sp³-hybridized carbons (Fsp3) is 0.333. The lowest BCUT2D eigenvalue weighted by molar-refractivity contribution is 0.542. The van der Waals surface area contributed by atoms with Gasteiger partial charge in [0.2, 0.25) is 0 Å². The van der Waals surface area contributed by atoms with Gasteiger partial charge in [-0.2, -0.15) is 5.10 Å². The first-order valence-corrected chi connectivity index (χ1v) is 8.19. The summed E-state index contributed by atoms with van der Waals surface area (Å²) in [5.41, 5.74) is 2.74. The predicted octanol–water partition coefficient (Wildman–Crippen LogP) is 1.86. The molecule has 126 valence electrons. The monoisotopic (exact) mass is 325 g/mol. The number of aryl methyl sites for hydroxylation is 1. The number of para-hydroxylation sites is 1. The standard InChI is InChI=1S/C18H23N5O/c1-15-17(14-19-10-6-12-22-13-7-11-20-22)18(24)23(21(15)2)16-8-4-3-5-9-16/h3-5,7-9,11,13,19H,6,10,12,14H2,1-2H3. The van der Waals surface area contributed by atoms with Gasteiger partial charge >= 0.3 is 0 Å². The summed E-state index contributed by atoms with van der Waals surface area (Å²) in [7, 11) is 1.92. The largest absolute Gasteiger partial charge is 0.312 e. The topological polar surface area (TPSA) is 56.8 Å². The zero-order valence-electron chi connectivity index (χ0n) is 14.1. The van der Waals surface area contributed by atoms with E-state index in [9.17, 15) is 4.79 Å². The van der Waals surface area contributed by atoms with Crippen molar-refractivity contribution in [2.45, 2.75) is 26.4 Å². The summed E-state index contributed by atoms with van der Waals surface area (Å²) in [6.45, 7) is 4.29. The van der Waals surface area contributed by atoms with E-state index in [0.29, 0.717) is 6.54 Å². The quantitative estimate of drug-likeness (QED) is 0.675. The first-order valence-electron chi connectivity index (χ1n) is 8.19. The average Bonchev–Trinajstić information content (AvgIpc) is 3.18. The molecule has 6 heteroatoms. The molecule has 0 aliphatic rings. The van der Waals surface area contributed by atoms with Gasteiger partial charge in [-0.15, -0.1) is 0 Å². The maximum atomic E-state index is 12.7. The normalized spacial score (nSPS) is 11.1. The molecule has 3 rings (SSSR count). The molecule has 0 spiro atoms. The van der Waals surface area contributed by atoms with Crippen molar-refractivity contribution >= 4 is 0 Å². The highest BCUT2D eigenvalue weighted by Gasteiger charge is 2.15. The Morgan fingerprint density at radius 1 is 1.17 bits per heavy atom. The molecular weight excluding hydrogens is 302 g/mol. The van der Waals surface area contributed by atoms with E-state index in [1.54, 1.807) is 10.9 Å². The molecule has 3 aromatic rings. The van der Waals surface area contributed by atoms with E-state index in [0.717, 1.165) is 36.5 Å². The third kappa shape index (κ3) is 3.33. The Labute approximate surface area is 141 Å². The van der Waals surface area contributed by atoms with E-state index >= 15 is 0 Å². The van der Waals surface area contributed by atoms with Gasteiger partial charge in [0.05, 0.1) is 11.3 Å². The minimum Gasteiger partial charge on any atom is -0.312 e. The zero-order chi connectivity index (χ0) is 16.9. The van der Waals surface area contributed by atoms with E-state index < -0.39 is 0 Å². The van der Waals surface area contributed by atoms with Crippen molar-refractivity contribution in [3.05, 3.63) is 70.4 Å². The van der Waals surface area contributed by atoms with Crippen molar-refractivity contribution in [2.24, 2.45) is 7.05 Å². The lowest BCUT2D eigenvalue weighted by atomic mass is 10.2. The summed E-state index contributed by atoms with van der Waals surface area (Å²) < 4.78 is 5.55. The molecule has 0 aliphatic heterocycles. The van der Waals surface area contributed by atoms with E-state index in [1.807, 2.05) is 65.9 Å². The van der Waals surface area contributed by atoms with Crippen LogP contribution < -0.4 is 10.9 Å². The van der Waals surface area contributed by atoms with Gasteiger partial charge in [-0.3, -0.25) is 14.2 Å². The average molecular weight is 325 g/mol. The minimum absolute atomic E-state index is 0.0424. The molecule has 6 nitrogen and oxygen atoms in total. The maximum absolute atomic E-state index is 12.7. The number of nitrogens with one attached hydrogen (secondary N) is 1. The van der Waals surface area contributed by atoms with Crippen LogP contribution in [0.25, 0.3) is 5.69 Å². The predicted molar refractivity (Wildman–Crippen MR) is 94.3 cm³/mol. The van der Waals surface area contributed by atoms with Crippen LogP contribution in [0.3, 0.4) is 0 Å². The van der Waals surface area contributed by atoms with E-state index in [1.165, 1.54) is 0 Å². The molecule has 0 amide bonds. The Morgan fingerprint density at radius 2 is 1.96 bits per heavy atom. The Morgan fingerprint density at radius 3 is 2.67 bits per heavy atom. The highest BCUT2D eigenvalue weighted by Crippen LogP contribution is 2.09. The second kappa shape index (κ2) is 7.31. The highest BCUT2D eigenvalue weighted by molar-refractivity contribution is 5.33. The number of benzene rings is 1. The number of hydrogen-bond acceptors (Lipinski definition) is 3. The van der Waals surface area contributed by atoms with Crippen LogP contribution in [0, 0.1) is 6.92 Å². The van der Waals surface area contributed by atoms with Crippen molar-refractivity contribution in [3.63, 3.8) is 0 Å². The molecule has 1 N–H and O–H groups in total. The van der Waals surface area contributed by atoms with Crippen LogP contribution >= 0.6 is 0 Å². The molecule has 24 heavy (non-hydrogen) atoms. The summed E-state index contributed by atoms with van der Waals surface area (Å²) >= 11 is 0. The lowest BCUT2D eigenvalue weighted by Gasteiger charge is -2.07. The van der Waals surface area contributed by atoms with Crippen LogP contribution in [0.2, 0.25) is 0 Å². The molecule has 0 saturated carbocycles. The molecular formula is C18H23N5O. The van der Waals surface area contributed by atoms with Crippen molar-refractivity contribution in [3.8, 4) is 5.69 Å². The molecule has 2 aromatic heterocycles. The molecule has 1 aromatic carbocycles. The van der Waals surface area contributed by atoms with Crippen molar-refractivity contribution in [2.75, 3.05) is 6.54 Å². The summed E-state index contributed by atoms with van der Waals surface area (Å²) in [5, 5.41) is 7.55. The van der Waals surface area contributed by atoms with Crippen LogP contribution in [-0.4, -0.2) is 25.7 Å². The van der Waals surface area contributed by atoms with Gasteiger partial charge in [-0.1, -0.05) is 18.2 Å². The molecule has 0 aliphatic carbocycles. The van der Waals surface area contributed by atoms with E-state index in [2.05, 4.69) is 10.4 Å². The third-order valence-corrected chi connectivity index (χ3v) is 4.28. The Bertz CT molecular complexity index is 830. The lowest BCUT2D eigenvalue weighted by Crippen LogP contribution is -2.24. The van der Waals surface area contributed by atoms with Crippen LogP contribution in [0.4, 0.5) is 0 Å². The van der Waals surface area contributed by atoms with Crippen molar-refractivity contribution in [1.82, 2.24) is 24.5 Å². The minimum atomic E-state index is 0.0424. The molecule has 0 radical (unpaired) electrons. The van der Waals surface area contributed by atoms with Gasteiger partial charge in [-0.25, -0.2) is 4.68 Å². The zero-order valence-corrected chi connectivity index (χ0v) is 14.1. The van der Waals surface area contributed by atoms with Crippen LogP contribution in [0.15, 0.2) is 53.6 Å². The second-order valence-electron chi connectivity index (χ2n) is 5.84. The van der Waals surface area contributed by atoms with Gasteiger partial charge in [0.25, 0.3) is 5.56 Å². The van der Waals surface area contributed by atoms with Gasteiger partial charge in [0.1, 0.15) is 0 Å². The SMILES string of the molecule is Cc1c(CNCCCn2cccn2)c(=O)n(-c2ccccc2)n1C. The molecule has 0 saturated heterocycles.